The molecule has 0 aromatic heterocycles. The van der Waals surface area contributed by atoms with Crippen molar-refractivity contribution in [3.05, 3.63) is 0 Å². The summed E-state index contributed by atoms with van der Waals surface area (Å²) < 4.78 is 5.32. The van der Waals surface area contributed by atoms with Gasteiger partial charge in [-0.3, -0.25) is 4.79 Å². The summed E-state index contributed by atoms with van der Waals surface area (Å²) in [4.78, 5) is 14.8. The number of nitrogens with zero attached hydrogens (tertiary/aromatic N) is 1. The van der Waals surface area contributed by atoms with Crippen LogP contribution in [-0.4, -0.2) is 50.2 Å². The highest BCUT2D eigenvalue weighted by atomic mass is 16.5. The lowest BCUT2D eigenvalue weighted by Crippen LogP contribution is -2.54. The summed E-state index contributed by atoms with van der Waals surface area (Å²) in [5.41, 5.74) is -0.434. The Morgan fingerprint density at radius 2 is 2.15 bits per heavy atom. The molecule has 2 aliphatic rings. The van der Waals surface area contributed by atoms with Crippen LogP contribution >= 0.6 is 0 Å². The number of hydrogen-bond donors (Lipinski definition) is 1. The van der Waals surface area contributed by atoms with Crippen molar-refractivity contribution in [2.24, 2.45) is 11.8 Å². The van der Waals surface area contributed by atoms with Crippen LogP contribution < -0.4 is 5.32 Å². The van der Waals surface area contributed by atoms with Crippen LogP contribution in [0.4, 0.5) is 0 Å². The quantitative estimate of drug-likeness (QED) is 0.692. The molecule has 0 aromatic carbocycles. The van der Waals surface area contributed by atoms with E-state index in [1.54, 1.807) is 0 Å². The number of carbonyl (C=O) groups excluding carboxylic acids is 1. The Morgan fingerprint density at radius 3 is 2.75 bits per heavy atom. The van der Waals surface area contributed by atoms with Crippen LogP contribution in [0.5, 0.6) is 0 Å². The Labute approximate surface area is 123 Å². The van der Waals surface area contributed by atoms with Crippen molar-refractivity contribution in [1.29, 1.82) is 0 Å². The first-order valence-corrected chi connectivity index (χ1v) is 8.17. The third-order valence-electron chi connectivity index (χ3n) is 5.03. The number of carbonyl (C=O) groups is 1. The zero-order chi connectivity index (χ0) is 14.6. The molecule has 0 saturated heterocycles. The number of hydrogen-bond acceptors (Lipinski definition) is 4. The summed E-state index contributed by atoms with van der Waals surface area (Å²) >= 11 is 0. The lowest BCUT2D eigenvalue weighted by molar-refractivity contribution is -0.153. The van der Waals surface area contributed by atoms with Gasteiger partial charge in [0.25, 0.3) is 0 Å². The van der Waals surface area contributed by atoms with Crippen LogP contribution in [0.2, 0.25) is 0 Å². The van der Waals surface area contributed by atoms with Gasteiger partial charge in [0.15, 0.2) is 0 Å². The smallest absolute Gasteiger partial charge is 0.326 e. The van der Waals surface area contributed by atoms with Gasteiger partial charge < -0.3 is 15.0 Å². The van der Waals surface area contributed by atoms with E-state index in [-0.39, 0.29) is 5.97 Å². The van der Waals surface area contributed by atoms with E-state index >= 15 is 0 Å². The molecule has 2 aliphatic carbocycles. The van der Waals surface area contributed by atoms with Crippen LogP contribution in [0.25, 0.3) is 0 Å². The van der Waals surface area contributed by atoms with E-state index in [1.807, 2.05) is 14.0 Å². The molecular formula is C16H30N2O2. The average molecular weight is 282 g/mol. The zero-order valence-electron chi connectivity index (χ0n) is 13.3. The van der Waals surface area contributed by atoms with Gasteiger partial charge in [-0.25, -0.2) is 0 Å². The molecule has 2 rings (SSSR count). The molecule has 0 radical (unpaired) electrons. The maximum Gasteiger partial charge on any atom is 0.326 e. The maximum absolute atomic E-state index is 12.3. The summed E-state index contributed by atoms with van der Waals surface area (Å²) in [6, 6.07) is 0. The minimum absolute atomic E-state index is 0.0464. The Hall–Kier alpha value is -0.610. The molecule has 1 N–H and O–H groups in total. The summed E-state index contributed by atoms with van der Waals surface area (Å²) in [6.45, 7) is 4.66. The second-order valence-corrected chi connectivity index (χ2v) is 6.53. The van der Waals surface area contributed by atoms with Crippen molar-refractivity contribution < 1.29 is 9.53 Å². The molecule has 20 heavy (non-hydrogen) atoms. The lowest BCUT2D eigenvalue weighted by Gasteiger charge is -2.33. The summed E-state index contributed by atoms with van der Waals surface area (Å²) in [5.74, 6) is 1.30. The predicted octanol–water partition coefficient (Wildman–Crippen LogP) is 2.04. The van der Waals surface area contributed by atoms with Crippen molar-refractivity contribution in [3.63, 3.8) is 0 Å². The standard InChI is InChI=1S/C16H30N2O2/c1-4-20-15(19)16(17-2)10-5-6-14(16)9-11-18(3)12-13-7-8-13/h13-14,17H,4-12H2,1-3H3. The molecule has 4 heteroatoms. The predicted molar refractivity (Wildman–Crippen MR) is 80.6 cm³/mol. The third kappa shape index (κ3) is 3.53. The van der Waals surface area contributed by atoms with E-state index < -0.39 is 5.54 Å². The summed E-state index contributed by atoms with van der Waals surface area (Å²) in [6.07, 6.45) is 7.06. The van der Waals surface area contributed by atoms with Gasteiger partial charge in [0.1, 0.15) is 5.54 Å². The van der Waals surface area contributed by atoms with E-state index in [2.05, 4.69) is 17.3 Å². The molecule has 0 aromatic rings. The molecule has 0 bridgehead atoms. The molecule has 0 spiro atoms. The van der Waals surface area contributed by atoms with Crippen molar-refractivity contribution in [2.75, 3.05) is 33.8 Å². The third-order valence-corrected chi connectivity index (χ3v) is 5.03. The maximum atomic E-state index is 12.3. The van der Waals surface area contributed by atoms with Crippen molar-refractivity contribution in [1.82, 2.24) is 10.2 Å². The molecule has 116 valence electrons. The molecule has 0 amide bonds. The number of rotatable bonds is 8. The van der Waals surface area contributed by atoms with E-state index in [9.17, 15) is 4.79 Å². The lowest BCUT2D eigenvalue weighted by atomic mass is 9.84. The fourth-order valence-corrected chi connectivity index (χ4v) is 3.64. The molecule has 2 fully saturated rings. The first kappa shape index (κ1) is 15.8. The molecular weight excluding hydrogens is 252 g/mol. The normalized spacial score (nSPS) is 29.9. The van der Waals surface area contributed by atoms with Gasteiger partial charge in [-0.15, -0.1) is 0 Å². The van der Waals surface area contributed by atoms with Crippen molar-refractivity contribution in [2.45, 2.75) is 51.0 Å². The van der Waals surface area contributed by atoms with Gasteiger partial charge in [-0.05, 0) is 71.5 Å². The average Bonchev–Trinajstić information content (AvgIpc) is 3.13. The number of ether oxygens (including phenoxy) is 1. The minimum atomic E-state index is -0.434. The number of likely N-dealkylation sites (N-methyl/N-ethyl adjacent to an activating group) is 1. The molecule has 2 saturated carbocycles. The van der Waals surface area contributed by atoms with Crippen LogP contribution in [-0.2, 0) is 9.53 Å². The van der Waals surface area contributed by atoms with Crippen molar-refractivity contribution >= 4 is 5.97 Å². The monoisotopic (exact) mass is 282 g/mol. The Bertz CT molecular complexity index is 330. The highest BCUT2D eigenvalue weighted by Gasteiger charge is 2.48. The highest BCUT2D eigenvalue weighted by molar-refractivity contribution is 5.81. The second-order valence-electron chi connectivity index (χ2n) is 6.53. The SMILES string of the molecule is CCOC(=O)C1(NC)CCCC1CCN(C)CC1CC1. The van der Waals surface area contributed by atoms with Crippen LogP contribution in [0.15, 0.2) is 0 Å². The van der Waals surface area contributed by atoms with E-state index in [0.717, 1.165) is 38.1 Å². The number of nitrogens with one attached hydrogen (secondary N) is 1. The molecule has 0 heterocycles. The Balaban J connectivity index is 1.88. The zero-order valence-corrected chi connectivity index (χ0v) is 13.3. The molecule has 4 nitrogen and oxygen atoms in total. The van der Waals surface area contributed by atoms with Crippen LogP contribution in [0.3, 0.4) is 0 Å². The van der Waals surface area contributed by atoms with E-state index in [4.69, 9.17) is 4.74 Å². The molecule has 2 atom stereocenters. The summed E-state index contributed by atoms with van der Waals surface area (Å²) in [5, 5.41) is 3.30. The largest absolute Gasteiger partial charge is 0.465 e. The summed E-state index contributed by atoms with van der Waals surface area (Å²) in [7, 11) is 4.11. The van der Waals surface area contributed by atoms with Gasteiger partial charge in [0.05, 0.1) is 6.61 Å². The van der Waals surface area contributed by atoms with Gasteiger partial charge in [0, 0.05) is 6.54 Å². The topological polar surface area (TPSA) is 41.6 Å². The van der Waals surface area contributed by atoms with E-state index in [0.29, 0.717) is 12.5 Å². The Morgan fingerprint density at radius 1 is 1.40 bits per heavy atom. The van der Waals surface area contributed by atoms with Gasteiger partial charge in [0.2, 0.25) is 0 Å². The van der Waals surface area contributed by atoms with Gasteiger partial charge in [-0.1, -0.05) is 6.42 Å². The van der Waals surface area contributed by atoms with Crippen LogP contribution in [0, 0.1) is 11.8 Å². The molecule has 2 unspecified atom stereocenters. The van der Waals surface area contributed by atoms with Crippen molar-refractivity contribution in [3.8, 4) is 0 Å². The van der Waals surface area contributed by atoms with Gasteiger partial charge >= 0.3 is 5.97 Å². The number of esters is 1. The Kier molecular flexibility index (Phi) is 5.44. The first-order chi connectivity index (χ1) is 9.62. The first-order valence-electron chi connectivity index (χ1n) is 8.17. The fraction of sp³-hybridized carbons (Fsp3) is 0.938. The van der Waals surface area contributed by atoms with Crippen LogP contribution in [0.1, 0.15) is 45.4 Å². The highest BCUT2D eigenvalue weighted by Crippen LogP contribution is 2.39. The van der Waals surface area contributed by atoms with E-state index in [1.165, 1.54) is 19.4 Å². The fourth-order valence-electron chi connectivity index (χ4n) is 3.64. The minimum Gasteiger partial charge on any atom is -0.465 e. The second kappa shape index (κ2) is 6.90. The van der Waals surface area contributed by atoms with Gasteiger partial charge in [-0.2, -0.15) is 0 Å². The molecule has 0 aliphatic heterocycles.